The van der Waals surface area contributed by atoms with E-state index in [1.165, 1.54) is 5.56 Å². The molecule has 0 saturated carbocycles. The topological polar surface area (TPSA) is 0 Å². The smallest absolute Gasteiger partial charge is 0.0474 e. The third kappa shape index (κ3) is 2.98. The van der Waals surface area contributed by atoms with Crippen molar-refractivity contribution in [2.24, 2.45) is 0 Å². The summed E-state index contributed by atoms with van der Waals surface area (Å²) >= 11 is 5.53. The monoisotopic (exact) mass is 228 g/mol. The summed E-state index contributed by atoms with van der Waals surface area (Å²) in [6, 6.07) is 9.96. The summed E-state index contributed by atoms with van der Waals surface area (Å²) in [6.07, 6.45) is 0. The van der Waals surface area contributed by atoms with Crippen LogP contribution in [0.3, 0.4) is 0 Å². The van der Waals surface area contributed by atoms with Gasteiger partial charge in [-0.25, -0.2) is 0 Å². The molecule has 0 aliphatic rings. The maximum absolute atomic E-state index is 5.53. The number of alkyl halides is 1. The normalized spacial score (nSPS) is 8.11. The number of halogens is 1. The van der Waals surface area contributed by atoms with Gasteiger partial charge in [0.1, 0.15) is 0 Å². The predicted molar refractivity (Wildman–Crippen MR) is 36.0 cm³/mol. The second-order valence-corrected chi connectivity index (χ2v) is 1.89. The first-order valence-corrected chi connectivity index (χ1v) is 3.07. The van der Waals surface area contributed by atoms with Crippen LogP contribution in [-0.4, -0.2) is 0 Å². The van der Waals surface area contributed by atoms with E-state index >= 15 is 0 Å². The summed E-state index contributed by atoms with van der Waals surface area (Å²) in [7, 11) is 0. The molecule has 0 saturated heterocycles. The van der Waals surface area contributed by atoms with Crippen LogP contribution in [0.4, 0.5) is 0 Å². The molecule has 0 heterocycles. The second-order valence-electron chi connectivity index (χ2n) is 1.62. The summed E-state index contributed by atoms with van der Waals surface area (Å²) in [4.78, 5) is 0. The van der Waals surface area contributed by atoms with Gasteiger partial charge in [-0.05, 0) is 5.56 Å². The molecular formula is C7H7ClRu. The third-order valence-corrected chi connectivity index (χ3v) is 1.31. The van der Waals surface area contributed by atoms with Crippen LogP contribution in [0, 0.1) is 0 Å². The summed E-state index contributed by atoms with van der Waals surface area (Å²) in [6.45, 7) is 0. The quantitative estimate of drug-likeness (QED) is 0.511. The third-order valence-electron chi connectivity index (χ3n) is 0.997. The first-order chi connectivity index (χ1) is 3.93. The molecule has 0 fully saturated rings. The molecule has 1 aromatic carbocycles. The zero-order valence-electron chi connectivity index (χ0n) is 4.83. The summed E-state index contributed by atoms with van der Waals surface area (Å²) in [5.41, 5.74) is 1.18. The fourth-order valence-electron chi connectivity index (χ4n) is 0.567. The zero-order chi connectivity index (χ0) is 5.82. The molecule has 0 nitrogen and oxygen atoms in total. The maximum atomic E-state index is 5.53. The number of hydrogen-bond donors (Lipinski definition) is 0. The van der Waals surface area contributed by atoms with Crippen LogP contribution in [0.2, 0.25) is 0 Å². The summed E-state index contributed by atoms with van der Waals surface area (Å²) in [5, 5.41) is 0. The van der Waals surface area contributed by atoms with Gasteiger partial charge in [-0.1, -0.05) is 30.3 Å². The zero-order valence-corrected chi connectivity index (χ0v) is 7.32. The Bertz CT molecular complexity index is 150. The Hall–Kier alpha value is 0.133. The van der Waals surface area contributed by atoms with Crippen molar-refractivity contribution < 1.29 is 19.5 Å². The van der Waals surface area contributed by atoms with E-state index < -0.39 is 0 Å². The Balaban J connectivity index is 0.000000640. The van der Waals surface area contributed by atoms with Crippen LogP contribution in [0.1, 0.15) is 5.56 Å². The molecule has 1 aromatic rings. The Labute approximate surface area is 73.0 Å². The maximum Gasteiger partial charge on any atom is 0.0474 e. The van der Waals surface area contributed by atoms with Crippen LogP contribution in [0.5, 0.6) is 0 Å². The average molecular weight is 228 g/mol. The van der Waals surface area contributed by atoms with E-state index in [-0.39, 0.29) is 19.5 Å². The van der Waals surface area contributed by atoms with Gasteiger partial charge < -0.3 is 0 Å². The number of benzene rings is 1. The van der Waals surface area contributed by atoms with E-state index in [0.29, 0.717) is 5.88 Å². The van der Waals surface area contributed by atoms with Crippen molar-refractivity contribution in [1.82, 2.24) is 0 Å². The Morgan fingerprint density at radius 2 is 1.67 bits per heavy atom. The average Bonchev–Trinajstić information content (AvgIpc) is 1.90. The SMILES string of the molecule is ClCc1ccccc1.[Ru]. The number of hydrogen-bond acceptors (Lipinski definition) is 0. The Kier molecular flexibility index (Phi) is 5.03. The molecule has 0 unspecified atom stereocenters. The molecule has 1 rings (SSSR count). The molecule has 9 heavy (non-hydrogen) atoms. The first kappa shape index (κ1) is 9.13. The standard InChI is InChI=1S/C7H7Cl.Ru/c8-6-7-4-2-1-3-5-7;/h1-5H,6H2;. The fraction of sp³-hybridized carbons (Fsp3) is 0.143. The molecule has 2 heteroatoms. The van der Waals surface area contributed by atoms with E-state index in [1.807, 2.05) is 30.3 Å². The molecule has 0 aliphatic carbocycles. The van der Waals surface area contributed by atoms with Crippen LogP contribution in [-0.2, 0) is 25.4 Å². The van der Waals surface area contributed by atoms with E-state index in [4.69, 9.17) is 11.6 Å². The van der Waals surface area contributed by atoms with E-state index in [2.05, 4.69) is 0 Å². The van der Waals surface area contributed by atoms with Gasteiger partial charge in [0.25, 0.3) is 0 Å². The van der Waals surface area contributed by atoms with Crippen molar-refractivity contribution in [3.05, 3.63) is 35.9 Å². The first-order valence-electron chi connectivity index (χ1n) is 2.53. The molecule has 0 aliphatic heterocycles. The Morgan fingerprint density at radius 3 is 2.00 bits per heavy atom. The molecule has 0 spiro atoms. The van der Waals surface area contributed by atoms with Crippen LogP contribution < -0.4 is 0 Å². The van der Waals surface area contributed by atoms with E-state index in [9.17, 15) is 0 Å². The van der Waals surface area contributed by atoms with Crippen molar-refractivity contribution in [3.63, 3.8) is 0 Å². The predicted octanol–water partition coefficient (Wildman–Crippen LogP) is 2.42. The minimum absolute atomic E-state index is 0. The van der Waals surface area contributed by atoms with Crippen molar-refractivity contribution in [2.45, 2.75) is 5.88 Å². The van der Waals surface area contributed by atoms with Gasteiger partial charge >= 0.3 is 0 Å². The van der Waals surface area contributed by atoms with Crippen molar-refractivity contribution in [2.75, 3.05) is 0 Å². The molecule has 0 radical (unpaired) electrons. The molecule has 0 aromatic heterocycles. The van der Waals surface area contributed by atoms with Crippen LogP contribution >= 0.6 is 11.6 Å². The molecular weight excluding hydrogens is 221 g/mol. The summed E-state index contributed by atoms with van der Waals surface area (Å²) in [5.74, 6) is 0.612. The molecule has 0 atom stereocenters. The van der Waals surface area contributed by atoms with Gasteiger partial charge in [0, 0.05) is 25.4 Å². The largest absolute Gasteiger partial charge is 0.122 e. The summed E-state index contributed by atoms with van der Waals surface area (Å²) < 4.78 is 0. The number of rotatable bonds is 1. The minimum Gasteiger partial charge on any atom is -0.122 e. The van der Waals surface area contributed by atoms with Gasteiger partial charge in [0.2, 0.25) is 0 Å². The van der Waals surface area contributed by atoms with Crippen LogP contribution in [0.15, 0.2) is 30.3 Å². The molecule has 50 valence electrons. The molecule has 0 amide bonds. The van der Waals surface area contributed by atoms with Crippen LogP contribution in [0.25, 0.3) is 0 Å². The van der Waals surface area contributed by atoms with Crippen molar-refractivity contribution in [1.29, 1.82) is 0 Å². The van der Waals surface area contributed by atoms with Gasteiger partial charge in [-0.3, -0.25) is 0 Å². The van der Waals surface area contributed by atoms with Gasteiger partial charge in [-0.15, -0.1) is 11.6 Å². The van der Waals surface area contributed by atoms with Crippen molar-refractivity contribution in [3.8, 4) is 0 Å². The van der Waals surface area contributed by atoms with E-state index in [0.717, 1.165) is 0 Å². The van der Waals surface area contributed by atoms with Gasteiger partial charge in [0.15, 0.2) is 0 Å². The van der Waals surface area contributed by atoms with E-state index in [1.54, 1.807) is 0 Å². The fourth-order valence-corrected chi connectivity index (χ4v) is 0.745. The van der Waals surface area contributed by atoms with Gasteiger partial charge in [0.05, 0.1) is 0 Å². The minimum atomic E-state index is 0. The van der Waals surface area contributed by atoms with Crippen molar-refractivity contribution >= 4 is 11.6 Å². The molecule has 0 bridgehead atoms. The molecule has 0 N–H and O–H groups in total. The second kappa shape index (κ2) is 4.96. The van der Waals surface area contributed by atoms with Gasteiger partial charge in [-0.2, -0.15) is 0 Å². The Morgan fingerprint density at radius 1 is 1.11 bits per heavy atom.